The van der Waals surface area contributed by atoms with Crippen LogP contribution in [0.15, 0.2) is 36.5 Å². The van der Waals surface area contributed by atoms with E-state index in [2.05, 4.69) is 27.2 Å². The van der Waals surface area contributed by atoms with E-state index in [0.29, 0.717) is 17.4 Å². The van der Waals surface area contributed by atoms with Gasteiger partial charge in [-0.1, -0.05) is 6.07 Å². The highest BCUT2D eigenvalue weighted by atomic mass is 16.5. The van der Waals surface area contributed by atoms with Gasteiger partial charge in [0.1, 0.15) is 6.10 Å². The van der Waals surface area contributed by atoms with Gasteiger partial charge in [0, 0.05) is 25.4 Å². The minimum atomic E-state index is 0.0135. The fourth-order valence-electron chi connectivity index (χ4n) is 2.82. The SMILES string of the molecule is CC(Nc1nc(OC2CCN(C)CC2)ccc1N)c1ccccn1. The fraction of sp³-hybridized carbons (Fsp3) is 0.444. The minimum Gasteiger partial charge on any atom is -0.474 e. The first-order chi connectivity index (χ1) is 11.6. The molecule has 0 spiro atoms. The predicted molar refractivity (Wildman–Crippen MR) is 96.1 cm³/mol. The summed E-state index contributed by atoms with van der Waals surface area (Å²) in [5, 5.41) is 3.32. The maximum Gasteiger partial charge on any atom is 0.215 e. The molecule has 3 rings (SSSR count). The van der Waals surface area contributed by atoms with Crippen molar-refractivity contribution < 1.29 is 4.74 Å². The van der Waals surface area contributed by atoms with Crippen molar-refractivity contribution in [1.82, 2.24) is 14.9 Å². The number of rotatable bonds is 5. The molecule has 6 heteroatoms. The number of ether oxygens (including phenoxy) is 1. The third-order valence-electron chi connectivity index (χ3n) is 4.34. The number of nitrogens with one attached hydrogen (secondary N) is 1. The van der Waals surface area contributed by atoms with E-state index in [9.17, 15) is 0 Å². The van der Waals surface area contributed by atoms with Crippen LogP contribution in [0.1, 0.15) is 31.5 Å². The van der Waals surface area contributed by atoms with E-state index in [1.807, 2.05) is 37.3 Å². The van der Waals surface area contributed by atoms with Crippen molar-refractivity contribution in [2.75, 3.05) is 31.2 Å². The molecule has 0 saturated carbocycles. The molecule has 1 unspecified atom stereocenters. The predicted octanol–water partition coefficient (Wildman–Crippen LogP) is 2.70. The third-order valence-corrected chi connectivity index (χ3v) is 4.34. The third kappa shape index (κ3) is 4.14. The summed E-state index contributed by atoms with van der Waals surface area (Å²) in [6.45, 7) is 4.15. The van der Waals surface area contributed by atoms with Gasteiger partial charge in [-0.3, -0.25) is 4.98 Å². The van der Waals surface area contributed by atoms with Gasteiger partial charge in [-0.25, -0.2) is 0 Å². The fourth-order valence-corrected chi connectivity index (χ4v) is 2.82. The van der Waals surface area contributed by atoms with Crippen molar-refractivity contribution >= 4 is 11.5 Å². The van der Waals surface area contributed by atoms with Gasteiger partial charge in [-0.15, -0.1) is 0 Å². The topological polar surface area (TPSA) is 76.3 Å². The number of aromatic nitrogens is 2. The molecule has 0 amide bonds. The molecular weight excluding hydrogens is 302 g/mol. The van der Waals surface area contributed by atoms with Gasteiger partial charge in [0.05, 0.1) is 17.4 Å². The molecule has 0 aliphatic carbocycles. The van der Waals surface area contributed by atoms with Crippen LogP contribution in [-0.4, -0.2) is 41.1 Å². The number of hydrogen-bond donors (Lipinski definition) is 2. The average Bonchev–Trinajstić information content (AvgIpc) is 2.60. The van der Waals surface area contributed by atoms with Crippen LogP contribution in [-0.2, 0) is 0 Å². The number of pyridine rings is 2. The normalized spacial score (nSPS) is 17.4. The summed E-state index contributed by atoms with van der Waals surface area (Å²) in [6.07, 6.45) is 4.05. The second kappa shape index (κ2) is 7.49. The maximum atomic E-state index is 6.06. The molecule has 1 atom stereocenters. The molecule has 0 radical (unpaired) electrons. The summed E-state index contributed by atoms with van der Waals surface area (Å²) < 4.78 is 6.04. The Morgan fingerprint density at radius 3 is 2.75 bits per heavy atom. The molecule has 3 N–H and O–H groups in total. The molecule has 24 heavy (non-hydrogen) atoms. The lowest BCUT2D eigenvalue weighted by molar-refractivity contribution is 0.110. The first kappa shape index (κ1) is 16.5. The second-order valence-electron chi connectivity index (χ2n) is 6.33. The molecule has 0 bridgehead atoms. The molecule has 1 aliphatic rings. The smallest absolute Gasteiger partial charge is 0.215 e. The molecule has 1 aliphatic heterocycles. The van der Waals surface area contributed by atoms with E-state index in [1.165, 1.54) is 0 Å². The van der Waals surface area contributed by atoms with E-state index < -0.39 is 0 Å². The monoisotopic (exact) mass is 327 g/mol. The molecule has 128 valence electrons. The van der Waals surface area contributed by atoms with Crippen LogP contribution in [0, 0.1) is 0 Å². The first-order valence-corrected chi connectivity index (χ1v) is 8.41. The van der Waals surface area contributed by atoms with E-state index in [1.54, 1.807) is 6.20 Å². The van der Waals surface area contributed by atoms with Gasteiger partial charge in [0.25, 0.3) is 0 Å². The summed E-state index contributed by atoms with van der Waals surface area (Å²) in [5.41, 5.74) is 7.61. The number of likely N-dealkylation sites (tertiary alicyclic amines) is 1. The zero-order chi connectivity index (χ0) is 16.9. The Morgan fingerprint density at radius 1 is 1.25 bits per heavy atom. The highest BCUT2D eigenvalue weighted by molar-refractivity contribution is 5.62. The Bertz CT molecular complexity index is 656. The van der Waals surface area contributed by atoms with Crippen molar-refractivity contribution in [2.24, 2.45) is 0 Å². The van der Waals surface area contributed by atoms with Crippen LogP contribution in [0.25, 0.3) is 0 Å². The largest absolute Gasteiger partial charge is 0.474 e. The molecule has 3 heterocycles. The molecule has 1 fully saturated rings. The van der Waals surface area contributed by atoms with Crippen LogP contribution in [0.2, 0.25) is 0 Å². The van der Waals surface area contributed by atoms with Gasteiger partial charge in [0.15, 0.2) is 5.82 Å². The van der Waals surface area contributed by atoms with Crippen molar-refractivity contribution in [3.8, 4) is 5.88 Å². The number of piperidine rings is 1. The molecule has 2 aromatic heterocycles. The number of hydrogen-bond acceptors (Lipinski definition) is 6. The Balaban J connectivity index is 1.67. The van der Waals surface area contributed by atoms with E-state index in [4.69, 9.17) is 10.5 Å². The highest BCUT2D eigenvalue weighted by Crippen LogP contribution is 2.25. The summed E-state index contributed by atoms with van der Waals surface area (Å²) >= 11 is 0. The zero-order valence-electron chi connectivity index (χ0n) is 14.3. The van der Waals surface area contributed by atoms with Crippen molar-refractivity contribution in [2.45, 2.75) is 31.9 Å². The van der Waals surface area contributed by atoms with Crippen LogP contribution in [0.4, 0.5) is 11.5 Å². The first-order valence-electron chi connectivity index (χ1n) is 8.41. The quantitative estimate of drug-likeness (QED) is 0.879. The molecular formula is C18H25N5O. The Labute approximate surface area is 143 Å². The standard InChI is InChI=1S/C18H25N5O/c1-13(16-5-3-4-10-20-16)21-18-15(19)6-7-17(22-18)24-14-8-11-23(2)12-9-14/h3-7,10,13-14H,8-9,11-12,19H2,1-2H3,(H,21,22). The summed E-state index contributed by atoms with van der Waals surface area (Å²) in [4.78, 5) is 11.2. The molecule has 1 saturated heterocycles. The molecule has 0 aromatic carbocycles. The van der Waals surface area contributed by atoms with E-state index >= 15 is 0 Å². The number of anilines is 2. The lowest BCUT2D eigenvalue weighted by Crippen LogP contribution is -2.35. The van der Waals surface area contributed by atoms with E-state index in [0.717, 1.165) is 31.6 Å². The second-order valence-corrected chi connectivity index (χ2v) is 6.33. The van der Waals surface area contributed by atoms with Crippen LogP contribution >= 0.6 is 0 Å². The van der Waals surface area contributed by atoms with Crippen LogP contribution in [0.5, 0.6) is 5.88 Å². The van der Waals surface area contributed by atoms with Crippen molar-refractivity contribution in [3.63, 3.8) is 0 Å². The van der Waals surface area contributed by atoms with Crippen LogP contribution < -0.4 is 15.8 Å². The highest BCUT2D eigenvalue weighted by Gasteiger charge is 2.19. The van der Waals surface area contributed by atoms with Gasteiger partial charge in [-0.2, -0.15) is 4.98 Å². The summed E-state index contributed by atoms with van der Waals surface area (Å²) in [5.74, 6) is 1.26. The molecule has 6 nitrogen and oxygen atoms in total. The van der Waals surface area contributed by atoms with Crippen molar-refractivity contribution in [3.05, 3.63) is 42.2 Å². The lowest BCUT2D eigenvalue weighted by atomic mass is 10.1. The van der Waals surface area contributed by atoms with Gasteiger partial charge < -0.3 is 20.7 Å². The van der Waals surface area contributed by atoms with Crippen molar-refractivity contribution in [1.29, 1.82) is 0 Å². The van der Waals surface area contributed by atoms with Crippen LogP contribution in [0.3, 0.4) is 0 Å². The summed E-state index contributed by atoms with van der Waals surface area (Å²) in [7, 11) is 2.14. The number of nitrogens with zero attached hydrogens (tertiary/aromatic N) is 3. The van der Waals surface area contributed by atoms with E-state index in [-0.39, 0.29) is 12.1 Å². The average molecular weight is 327 g/mol. The Morgan fingerprint density at radius 2 is 2.04 bits per heavy atom. The molecule has 2 aromatic rings. The minimum absolute atomic E-state index is 0.0135. The van der Waals surface area contributed by atoms with Gasteiger partial charge in [-0.05, 0) is 45.0 Å². The Kier molecular flexibility index (Phi) is 5.15. The zero-order valence-corrected chi connectivity index (χ0v) is 14.3. The summed E-state index contributed by atoms with van der Waals surface area (Å²) in [6, 6.07) is 9.54. The van der Waals surface area contributed by atoms with Gasteiger partial charge >= 0.3 is 0 Å². The lowest BCUT2D eigenvalue weighted by Gasteiger charge is -2.29. The maximum absolute atomic E-state index is 6.06. The van der Waals surface area contributed by atoms with Gasteiger partial charge in [0.2, 0.25) is 5.88 Å². The number of nitrogens with two attached hydrogens (primary N) is 1. The number of nitrogen functional groups attached to an aromatic ring is 1. The Hall–Kier alpha value is -2.34.